The molecule has 3 aromatic heterocycles. The van der Waals surface area contributed by atoms with Crippen LogP contribution >= 0.6 is 19.6 Å². The Morgan fingerprint density at radius 1 is 1.21 bits per heavy atom. The summed E-state index contributed by atoms with van der Waals surface area (Å²) < 4.78 is 45.6. The van der Waals surface area contributed by atoms with Crippen molar-refractivity contribution in [3.05, 3.63) is 54.4 Å². The molecule has 3 atom stereocenters. The molecule has 0 spiro atoms. The number of hydrogen-bond donors (Lipinski definition) is 5. The first-order chi connectivity index (χ1) is 22.3. The number of H-pyrrole nitrogens is 1. The zero-order valence-corrected chi connectivity index (χ0v) is 26.9. The number of nitrogens with zero attached hydrogens (tertiary/aromatic N) is 5. The molecule has 0 radical (unpaired) electrons. The minimum absolute atomic E-state index is 0.0158. The van der Waals surface area contributed by atoms with Gasteiger partial charge in [0, 0.05) is 59.8 Å². The Morgan fingerprint density at radius 2 is 2.00 bits per heavy atom. The van der Waals surface area contributed by atoms with E-state index >= 15 is 0 Å². The van der Waals surface area contributed by atoms with Crippen molar-refractivity contribution in [2.45, 2.75) is 42.2 Å². The number of amides is 1. The minimum atomic E-state index is -4.86. The Hall–Kier alpha value is -3.73. The van der Waals surface area contributed by atoms with Crippen molar-refractivity contribution in [2.75, 3.05) is 36.9 Å². The fourth-order valence-corrected chi connectivity index (χ4v) is 7.21. The van der Waals surface area contributed by atoms with Crippen molar-refractivity contribution in [3.8, 4) is 0 Å². The summed E-state index contributed by atoms with van der Waals surface area (Å²) in [6.07, 6.45) is 0.886. The summed E-state index contributed by atoms with van der Waals surface area (Å²) in [5, 5.41) is 18.2. The number of likely N-dealkylation sites (tertiary alicyclic amines) is 1. The van der Waals surface area contributed by atoms with Crippen LogP contribution in [0.15, 0.2) is 58.7 Å². The smallest absolute Gasteiger partial charge is 0.325 e. The van der Waals surface area contributed by atoms with Crippen molar-refractivity contribution < 1.29 is 37.2 Å². The van der Waals surface area contributed by atoms with Crippen molar-refractivity contribution in [1.82, 2.24) is 29.7 Å². The Labute approximate surface area is 271 Å². The van der Waals surface area contributed by atoms with Gasteiger partial charge in [-0.2, -0.15) is 5.10 Å². The van der Waals surface area contributed by atoms with Crippen molar-refractivity contribution in [3.63, 3.8) is 0 Å². The maximum absolute atomic E-state index is 14.2. The number of nitrogens with one attached hydrogen (secondary N) is 3. The third-order valence-electron chi connectivity index (χ3n) is 8.18. The topological polar surface area (TPSA) is 187 Å². The second-order valence-electron chi connectivity index (χ2n) is 11.9. The van der Waals surface area contributed by atoms with E-state index in [4.69, 9.17) is 9.79 Å². The number of Topliss-reactive ketones (excluding diaryl/α,β-unsaturated/α-hetero) is 1. The molecule has 6 rings (SSSR count). The standard InChI is InChI=1S/C29H33F2N8O6PS/c1-17-11-24(36-35-17)33-27-23-3-2-9-39(23)37-28(34-27)47-21-6-4-20(5-7-21)32-25(40)15-38-10-8-18(14-38)26(41)22-13-29(30,31)12-19(22)16-45-46(42,43)44/h2-7,9,11,18-19,22H,8,10,12-16H2,1H3,(H,32,40)(H2,42,43,44)(H2,33,34,35,36,37)/t18-,19+,22?/m1/s1. The molecule has 1 unspecified atom stereocenters. The van der Waals surface area contributed by atoms with Gasteiger partial charge in [0.1, 0.15) is 11.3 Å². The lowest BCUT2D eigenvalue weighted by Crippen LogP contribution is -2.34. The van der Waals surface area contributed by atoms with Crippen LogP contribution in [0.3, 0.4) is 0 Å². The van der Waals surface area contributed by atoms with Gasteiger partial charge in [0.05, 0.1) is 13.2 Å². The van der Waals surface area contributed by atoms with Crippen LogP contribution in [-0.2, 0) is 18.7 Å². The fraction of sp³-hybridized carbons (Fsp3) is 0.414. The number of anilines is 3. The lowest BCUT2D eigenvalue weighted by Gasteiger charge is -2.21. The SMILES string of the molecule is Cc1cc(Nc2nc(Sc3ccc(NC(=O)CN4CC[C@@H](C(=O)C5CC(F)(F)C[C@H]5COP(=O)(O)O)C4)cc3)nn3cccc23)n[nH]1. The van der Waals surface area contributed by atoms with Gasteiger partial charge in [-0.15, -0.1) is 5.10 Å². The number of carbonyl (C=O) groups excluding carboxylic acids is 2. The lowest BCUT2D eigenvalue weighted by molar-refractivity contribution is -0.128. The van der Waals surface area contributed by atoms with Crippen molar-refractivity contribution in [2.24, 2.45) is 17.8 Å². The van der Waals surface area contributed by atoms with E-state index in [-0.39, 0.29) is 24.8 Å². The highest BCUT2D eigenvalue weighted by molar-refractivity contribution is 7.99. The van der Waals surface area contributed by atoms with Gasteiger partial charge in [-0.1, -0.05) is 0 Å². The van der Waals surface area contributed by atoms with Gasteiger partial charge in [-0.25, -0.2) is 22.8 Å². The number of benzene rings is 1. The lowest BCUT2D eigenvalue weighted by atomic mass is 9.85. The van der Waals surface area contributed by atoms with E-state index in [0.717, 1.165) is 16.1 Å². The Balaban J connectivity index is 1.01. The average molecular weight is 691 g/mol. The molecule has 1 aliphatic heterocycles. The molecule has 1 aromatic carbocycles. The van der Waals surface area contributed by atoms with E-state index in [1.54, 1.807) is 21.5 Å². The zero-order chi connectivity index (χ0) is 33.3. The number of aryl methyl sites for hydroxylation is 1. The highest BCUT2D eigenvalue weighted by Gasteiger charge is 2.51. The average Bonchev–Trinajstić information content (AvgIpc) is 3.80. The summed E-state index contributed by atoms with van der Waals surface area (Å²) >= 11 is 1.35. The summed E-state index contributed by atoms with van der Waals surface area (Å²) in [5.74, 6) is -5.15. The number of phosphoric ester groups is 1. The number of aromatic amines is 1. The highest BCUT2D eigenvalue weighted by Crippen LogP contribution is 2.47. The molecule has 1 saturated carbocycles. The van der Waals surface area contributed by atoms with Gasteiger partial charge >= 0.3 is 7.82 Å². The monoisotopic (exact) mass is 690 g/mol. The molecule has 1 aliphatic carbocycles. The summed E-state index contributed by atoms with van der Waals surface area (Å²) in [6.45, 7) is 1.98. The van der Waals surface area contributed by atoms with Gasteiger partial charge < -0.3 is 20.4 Å². The molecule has 5 N–H and O–H groups in total. The molecule has 1 saturated heterocycles. The number of phosphoric acid groups is 1. The number of halogens is 2. The van der Waals surface area contributed by atoms with Crippen LogP contribution in [0.2, 0.25) is 0 Å². The Morgan fingerprint density at radius 3 is 2.72 bits per heavy atom. The molecular weight excluding hydrogens is 657 g/mol. The molecule has 18 heteroatoms. The zero-order valence-electron chi connectivity index (χ0n) is 25.2. The van der Waals surface area contributed by atoms with E-state index in [9.17, 15) is 22.9 Å². The molecule has 14 nitrogen and oxygen atoms in total. The van der Waals surface area contributed by atoms with E-state index in [1.165, 1.54) is 11.8 Å². The molecule has 2 fully saturated rings. The van der Waals surface area contributed by atoms with Gasteiger partial charge in [-0.3, -0.25) is 24.1 Å². The van der Waals surface area contributed by atoms with Crippen LogP contribution < -0.4 is 10.6 Å². The molecule has 250 valence electrons. The van der Waals surface area contributed by atoms with E-state index in [2.05, 4.69) is 35.4 Å². The van der Waals surface area contributed by atoms with E-state index < -0.39 is 50.9 Å². The largest absolute Gasteiger partial charge is 0.469 e. The van der Waals surface area contributed by atoms with Crippen LogP contribution in [0.1, 0.15) is 25.0 Å². The quantitative estimate of drug-likeness (QED) is 0.133. The Bertz CT molecular complexity index is 1820. The first kappa shape index (κ1) is 33.2. The van der Waals surface area contributed by atoms with Crippen molar-refractivity contribution in [1.29, 1.82) is 0 Å². The van der Waals surface area contributed by atoms with Crippen LogP contribution in [0.4, 0.5) is 26.1 Å². The maximum Gasteiger partial charge on any atom is 0.469 e. The number of alkyl halides is 2. The predicted molar refractivity (Wildman–Crippen MR) is 168 cm³/mol. The first-order valence-corrected chi connectivity index (χ1v) is 17.2. The number of rotatable bonds is 12. The van der Waals surface area contributed by atoms with Gasteiger partial charge in [0.25, 0.3) is 0 Å². The molecule has 47 heavy (non-hydrogen) atoms. The van der Waals surface area contributed by atoms with Gasteiger partial charge in [0.2, 0.25) is 17.0 Å². The third kappa shape index (κ3) is 8.41. The van der Waals surface area contributed by atoms with Crippen LogP contribution in [0.5, 0.6) is 0 Å². The Kier molecular flexibility index (Phi) is 9.47. The maximum atomic E-state index is 14.2. The summed E-state index contributed by atoms with van der Waals surface area (Å²) in [4.78, 5) is 51.3. The molecular formula is C29H33F2N8O6PS. The third-order valence-corrected chi connectivity index (χ3v) is 9.53. The molecule has 4 heterocycles. The minimum Gasteiger partial charge on any atom is -0.325 e. The van der Waals surface area contributed by atoms with Crippen LogP contribution in [0, 0.1) is 24.7 Å². The highest BCUT2D eigenvalue weighted by atomic mass is 32.2. The number of ketones is 1. The number of hydrogen-bond acceptors (Lipinski definition) is 10. The number of fused-ring (bicyclic) bond motifs is 1. The van der Waals surface area contributed by atoms with Crippen molar-refractivity contribution >= 4 is 54.1 Å². The second-order valence-corrected chi connectivity index (χ2v) is 14.1. The van der Waals surface area contributed by atoms with E-state index in [0.29, 0.717) is 35.4 Å². The summed E-state index contributed by atoms with van der Waals surface area (Å²) in [7, 11) is -4.86. The fourth-order valence-electron chi connectivity index (χ4n) is 6.08. The molecule has 4 aromatic rings. The molecule has 2 aliphatic rings. The van der Waals surface area contributed by atoms with E-state index in [1.807, 2.05) is 43.5 Å². The van der Waals surface area contributed by atoms with Crippen LogP contribution in [0.25, 0.3) is 5.52 Å². The van der Waals surface area contributed by atoms with Gasteiger partial charge in [0.15, 0.2) is 11.6 Å². The predicted octanol–water partition coefficient (Wildman–Crippen LogP) is 4.26. The second kappa shape index (κ2) is 13.4. The molecule has 0 bridgehead atoms. The van der Waals surface area contributed by atoms with Crippen LogP contribution in [-0.4, -0.2) is 83.3 Å². The van der Waals surface area contributed by atoms with Gasteiger partial charge in [-0.05, 0) is 74.0 Å². The normalized spacial score (nSPS) is 21.3. The number of aromatic nitrogens is 5. The first-order valence-electron chi connectivity index (χ1n) is 14.9. The summed E-state index contributed by atoms with van der Waals surface area (Å²) in [6, 6.07) is 12.8. The number of carbonyl (C=O) groups is 2. The molecule has 1 amide bonds. The summed E-state index contributed by atoms with van der Waals surface area (Å²) in [5.41, 5.74) is 2.28.